The minimum absolute atomic E-state index is 0.0349. The van der Waals surface area contributed by atoms with Gasteiger partial charge in [-0.1, -0.05) is 0 Å². The van der Waals surface area contributed by atoms with Crippen molar-refractivity contribution in [1.82, 2.24) is 34.8 Å². The first kappa shape index (κ1) is 26.0. The Morgan fingerprint density at radius 2 is 1.95 bits per heavy atom. The molecule has 0 spiro atoms. The first-order chi connectivity index (χ1) is 18.8. The summed E-state index contributed by atoms with van der Waals surface area (Å²) >= 11 is 0. The summed E-state index contributed by atoms with van der Waals surface area (Å²) in [5.74, 6) is -1.000. The number of amides is 1. The van der Waals surface area contributed by atoms with Crippen molar-refractivity contribution in [3.63, 3.8) is 0 Å². The van der Waals surface area contributed by atoms with Gasteiger partial charge in [-0.2, -0.15) is 10.2 Å². The number of nitrogens with one attached hydrogen (secondary N) is 2. The SMILES string of the molecule is Cn1ccc(CS(=O)(=O)c2ccc(C(=O)NCCCc3cn[nH]c3)cc2-n2cnc(-c3ccc(F)cc3)c2)n1. The van der Waals surface area contributed by atoms with Gasteiger partial charge in [-0.3, -0.25) is 14.6 Å². The van der Waals surface area contributed by atoms with Crippen LogP contribution in [0.25, 0.3) is 16.9 Å². The van der Waals surface area contributed by atoms with Crippen molar-refractivity contribution < 1.29 is 17.6 Å². The van der Waals surface area contributed by atoms with Gasteiger partial charge < -0.3 is 9.88 Å². The number of benzene rings is 2. The summed E-state index contributed by atoms with van der Waals surface area (Å²) in [7, 11) is -2.13. The highest BCUT2D eigenvalue weighted by Crippen LogP contribution is 2.27. The number of aryl methyl sites for hydroxylation is 2. The van der Waals surface area contributed by atoms with E-state index in [1.54, 1.807) is 48.4 Å². The Morgan fingerprint density at radius 3 is 2.67 bits per heavy atom. The summed E-state index contributed by atoms with van der Waals surface area (Å²) in [6, 6.07) is 12.0. The van der Waals surface area contributed by atoms with Crippen molar-refractivity contribution in [2.75, 3.05) is 6.54 Å². The predicted molar refractivity (Wildman–Crippen MR) is 142 cm³/mol. The summed E-state index contributed by atoms with van der Waals surface area (Å²) in [4.78, 5) is 17.4. The van der Waals surface area contributed by atoms with Gasteiger partial charge in [-0.25, -0.2) is 17.8 Å². The quantitative estimate of drug-likeness (QED) is 0.258. The largest absolute Gasteiger partial charge is 0.352 e. The van der Waals surface area contributed by atoms with Crippen LogP contribution in [0.4, 0.5) is 4.39 Å². The summed E-state index contributed by atoms with van der Waals surface area (Å²) < 4.78 is 43.5. The van der Waals surface area contributed by atoms with E-state index in [1.165, 1.54) is 41.3 Å². The number of halogens is 1. The van der Waals surface area contributed by atoms with Crippen LogP contribution in [0.5, 0.6) is 0 Å². The molecule has 12 heteroatoms. The highest BCUT2D eigenvalue weighted by Gasteiger charge is 2.23. The highest BCUT2D eigenvalue weighted by molar-refractivity contribution is 7.90. The minimum Gasteiger partial charge on any atom is -0.352 e. The summed E-state index contributed by atoms with van der Waals surface area (Å²) in [6.45, 7) is 0.443. The van der Waals surface area contributed by atoms with Crippen molar-refractivity contribution in [2.45, 2.75) is 23.5 Å². The zero-order chi connectivity index (χ0) is 27.4. The van der Waals surface area contributed by atoms with E-state index >= 15 is 0 Å². The number of aromatic amines is 1. The van der Waals surface area contributed by atoms with Crippen LogP contribution in [0.3, 0.4) is 0 Å². The van der Waals surface area contributed by atoms with E-state index in [-0.39, 0.29) is 28.1 Å². The number of imidazole rings is 1. The first-order valence-corrected chi connectivity index (χ1v) is 13.9. The van der Waals surface area contributed by atoms with Gasteiger partial charge in [0.05, 0.1) is 40.2 Å². The molecular formula is C27H26FN7O3S. The van der Waals surface area contributed by atoms with Gasteiger partial charge in [-0.15, -0.1) is 0 Å². The van der Waals surface area contributed by atoms with Gasteiger partial charge in [0.1, 0.15) is 5.82 Å². The molecule has 3 heterocycles. The third-order valence-electron chi connectivity index (χ3n) is 6.15. The molecular weight excluding hydrogens is 521 g/mol. The van der Waals surface area contributed by atoms with E-state index in [9.17, 15) is 17.6 Å². The zero-order valence-corrected chi connectivity index (χ0v) is 21.9. The lowest BCUT2D eigenvalue weighted by atomic mass is 10.1. The van der Waals surface area contributed by atoms with E-state index in [0.29, 0.717) is 29.1 Å². The standard InChI is InChI=1S/C27H26FN7O3S/c1-34-12-10-23(33-34)17-39(37,38)26-9-6-21(27(36)29-11-2-3-19-14-31-32-15-19)13-25(26)35-16-24(30-18-35)20-4-7-22(28)8-5-20/h4-10,12-16,18H,2-3,11,17H2,1H3,(H,29,36)(H,31,32). The molecule has 10 nitrogen and oxygen atoms in total. The molecule has 0 atom stereocenters. The van der Waals surface area contributed by atoms with E-state index in [4.69, 9.17) is 0 Å². The molecule has 0 bridgehead atoms. The fraction of sp³-hybridized carbons (Fsp3) is 0.185. The van der Waals surface area contributed by atoms with Crippen molar-refractivity contribution in [3.8, 4) is 16.9 Å². The van der Waals surface area contributed by atoms with E-state index in [0.717, 1.165) is 18.4 Å². The molecule has 0 aliphatic carbocycles. The molecule has 200 valence electrons. The van der Waals surface area contributed by atoms with Crippen molar-refractivity contribution >= 4 is 15.7 Å². The Hall–Kier alpha value is -4.58. The van der Waals surface area contributed by atoms with Crippen LogP contribution in [0.2, 0.25) is 0 Å². The van der Waals surface area contributed by atoms with Crippen molar-refractivity contribution in [2.24, 2.45) is 7.05 Å². The van der Waals surface area contributed by atoms with Gasteiger partial charge in [0.15, 0.2) is 9.84 Å². The lowest BCUT2D eigenvalue weighted by Crippen LogP contribution is -2.25. The molecule has 0 aliphatic heterocycles. The smallest absolute Gasteiger partial charge is 0.251 e. The number of hydrogen-bond acceptors (Lipinski definition) is 6. The number of sulfone groups is 1. The lowest BCUT2D eigenvalue weighted by Gasteiger charge is -2.13. The minimum atomic E-state index is -3.84. The molecule has 2 N–H and O–H groups in total. The molecule has 0 radical (unpaired) electrons. The Labute approximate surface area is 224 Å². The van der Waals surface area contributed by atoms with Gasteiger partial charge in [0, 0.05) is 43.3 Å². The third kappa shape index (κ3) is 6.12. The van der Waals surface area contributed by atoms with Gasteiger partial charge in [0.25, 0.3) is 5.91 Å². The molecule has 0 unspecified atom stereocenters. The second kappa shape index (κ2) is 11.0. The predicted octanol–water partition coefficient (Wildman–Crippen LogP) is 3.47. The first-order valence-electron chi connectivity index (χ1n) is 12.2. The average Bonchev–Trinajstić information content (AvgIpc) is 3.69. The van der Waals surface area contributed by atoms with Crippen LogP contribution in [-0.4, -0.2) is 50.4 Å². The summed E-state index contributed by atoms with van der Waals surface area (Å²) in [6.07, 6.45) is 9.82. The number of carbonyl (C=O) groups is 1. The maximum Gasteiger partial charge on any atom is 0.251 e. The Kier molecular flexibility index (Phi) is 7.37. The normalized spacial score (nSPS) is 11.5. The fourth-order valence-electron chi connectivity index (χ4n) is 4.17. The third-order valence-corrected chi connectivity index (χ3v) is 7.84. The molecule has 0 fully saturated rings. The van der Waals surface area contributed by atoms with Crippen LogP contribution < -0.4 is 5.32 Å². The Bertz CT molecular complexity index is 1690. The van der Waals surface area contributed by atoms with Crippen LogP contribution in [0.1, 0.15) is 28.0 Å². The lowest BCUT2D eigenvalue weighted by molar-refractivity contribution is 0.0953. The van der Waals surface area contributed by atoms with Gasteiger partial charge in [-0.05, 0) is 66.9 Å². The van der Waals surface area contributed by atoms with E-state index < -0.39 is 9.84 Å². The van der Waals surface area contributed by atoms with Crippen LogP contribution in [0.15, 0.2) is 84.5 Å². The molecule has 5 rings (SSSR count). The van der Waals surface area contributed by atoms with Gasteiger partial charge in [0.2, 0.25) is 0 Å². The molecule has 5 aromatic rings. The van der Waals surface area contributed by atoms with E-state index in [2.05, 4.69) is 25.6 Å². The maximum atomic E-state index is 13.5. The number of nitrogens with zero attached hydrogens (tertiary/aromatic N) is 5. The topological polar surface area (TPSA) is 128 Å². The monoisotopic (exact) mass is 547 g/mol. The second-order valence-corrected chi connectivity index (χ2v) is 11.0. The number of hydrogen-bond donors (Lipinski definition) is 2. The average molecular weight is 548 g/mol. The maximum absolute atomic E-state index is 13.5. The van der Waals surface area contributed by atoms with Crippen molar-refractivity contribution in [1.29, 1.82) is 0 Å². The number of carbonyl (C=O) groups excluding carboxylic acids is 1. The fourth-order valence-corrected chi connectivity index (χ4v) is 5.63. The molecule has 0 saturated carbocycles. The van der Waals surface area contributed by atoms with Crippen LogP contribution in [-0.2, 0) is 29.1 Å². The second-order valence-electron chi connectivity index (χ2n) is 9.06. The summed E-state index contributed by atoms with van der Waals surface area (Å²) in [5.41, 5.74) is 3.23. The Morgan fingerprint density at radius 1 is 1.13 bits per heavy atom. The molecule has 0 aliphatic rings. The molecule has 39 heavy (non-hydrogen) atoms. The number of aromatic nitrogens is 6. The van der Waals surface area contributed by atoms with E-state index in [1.807, 2.05) is 6.20 Å². The van der Waals surface area contributed by atoms with Crippen LogP contribution >= 0.6 is 0 Å². The Balaban J connectivity index is 1.44. The number of rotatable bonds is 10. The van der Waals surface area contributed by atoms with Gasteiger partial charge >= 0.3 is 0 Å². The van der Waals surface area contributed by atoms with Crippen LogP contribution in [0, 0.1) is 5.82 Å². The molecule has 0 saturated heterocycles. The molecule has 1 amide bonds. The summed E-state index contributed by atoms with van der Waals surface area (Å²) in [5, 5.41) is 13.8. The van der Waals surface area contributed by atoms with Crippen molar-refractivity contribution in [3.05, 3.63) is 102 Å². The zero-order valence-electron chi connectivity index (χ0n) is 21.1. The molecule has 2 aromatic carbocycles. The highest BCUT2D eigenvalue weighted by atomic mass is 32.2. The number of H-pyrrole nitrogens is 1. The molecule has 3 aromatic heterocycles.